The summed E-state index contributed by atoms with van der Waals surface area (Å²) in [6.07, 6.45) is 2.72. The molecule has 3 heterocycles. The van der Waals surface area contributed by atoms with Crippen LogP contribution in [0.4, 0.5) is 5.82 Å². The van der Waals surface area contributed by atoms with Crippen LogP contribution in [0.15, 0.2) is 38.9 Å². The molecule has 1 aliphatic rings. The summed E-state index contributed by atoms with van der Waals surface area (Å²) in [5.41, 5.74) is 8.11. The van der Waals surface area contributed by atoms with E-state index in [-0.39, 0.29) is 12.2 Å². The Balaban J connectivity index is 1.58. The van der Waals surface area contributed by atoms with Gasteiger partial charge in [0.2, 0.25) is 6.79 Å². The lowest BCUT2D eigenvalue weighted by atomic mass is 9.97. The molecule has 0 aliphatic carbocycles. The monoisotopic (exact) mass is 491 g/mol. The van der Waals surface area contributed by atoms with Crippen LogP contribution in [0, 0.1) is 5.41 Å². The minimum atomic E-state index is 0.248. The number of aryl methyl sites for hydroxylation is 1. The Morgan fingerprint density at radius 3 is 2.80 bits per heavy atom. The van der Waals surface area contributed by atoms with Gasteiger partial charge >= 0.3 is 0 Å². The van der Waals surface area contributed by atoms with Crippen molar-refractivity contribution in [3.63, 3.8) is 0 Å². The van der Waals surface area contributed by atoms with Gasteiger partial charge in [0.15, 0.2) is 22.5 Å². The molecule has 3 aromatic rings. The Hall–Kier alpha value is -1.97. The van der Waals surface area contributed by atoms with E-state index in [4.69, 9.17) is 20.2 Å². The summed E-state index contributed by atoms with van der Waals surface area (Å²) < 4.78 is 14.1. The maximum atomic E-state index is 6.11. The molecule has 0 atom stereocenters. The number of nitrogen functional groups attached to an aromatic ring is 1. The highest BCUT2D eigenvalue weighted by molar-refractivity contribution is 9.10. The lowest BCUT2D eigenvalue weighted by molar-refractivity contribution is 0.174. The summed E-state index contributed by atoms with van der Waals surface area (Å²) in [6, 6.07) is 5.89. The number of nitrogens with zero attached hydrogens (tertiary/aromatic N) is 3. The minimum Gasteiger partial charge on any atom is -0.454 e. The van der Waals surface area contributed by atoms with Gasteiger partial charge < -0.3 is 25.1 Å². The average molecular weight is 492 g/mol. The number of fused-ring (bicyclic) bond motifs is 2. The highest BCUT2D eigenvalue weighted by Crippen LogP contribution is 2.43. The van der Waals surface area contributed by atoms with E-state index in [0.717, 1.165) is 63.1 Å². The van der Waals surface area contributed by atoms with Crippen LogP contribution in [0.2, 0.25) is 0 Å². The van der Waals surface area contributed by atoms with Crippen molar-refractivity contribution in [1.29, 1.82) is 0 Å². The predicted molar refractivity (Wildman–Crippen MR) is 123 cm³/mol. The number of nitrogens with one attached hydrogen (secondary N) is 1. The molecule has 0 radical (unpaired) electrons. The molecule has 1 aliphatic heterocycles. The fourth-order valence-electron chi connectivity index (χ4n) is 3.25. The molecule has 0 unspecified atom stereocenters. The second kappa shape index (κ2) is 8.64. The van der Waals surface area contributed by atoms with Gasteiger partial charge in [-0.05, 0) is 59.1 Å². The summed E-state index contributed by atoms with van der Waals surface area (Å²) in [7, 11) is 0. The van der Waals surface area contributed by atoms with E-state index >= 15 is 0 Å². The molecule has 0 saturated heterocycles. The van der Waals surface area contributed by atoms with Crippen LogP contribution in [-0.4, -0.2) is 34.4 Å². The normalized spacial score (nSPS) is 13.3. The van der Waals surface area contributed by atoms with Gasteiger partial charge in [-0.25, -0.2) is 9.97 Å². The number of imidazole rings is 1. The molecule has 0 amide bonds. The van der Waals surface area contributed by atoms with Crippen molar-refractivity contribution in [2.45, 2.75) is 43.8 Å². The second-order valence-corrected chi connectivity index (χ2v) is 10.3. The summed E-state index contributed by atoms with van der Waals surface area (Å²) >= 11 is 5.22. The maximum Gasteiger partial charge on any atom is 0.231 e. The Morgan fingerprint density at radius 2 is 2.03 bits per heavy atom. The molecule has 0 bridgehead atoms. The van der Waals surface area contributed by atoms with Crippen LogP contribution in [0.25, 0.3) is 11.0 Å². The molecule has 160 valence electrons. The highest BCUT2D eigenvalue weighted by Gasteiger charge is 2.20. The third-order valence-corrected chi connectivity index (χ3v) is 6.65. The van der Waals surface area contributed by atoms with E-state index in [9.17, 15) is 0 Å². The first kappa shape index (κ1) is 21.3. The van der Waals surface area contributed by atoms with Gasteiger partial charge in [-0.1, -0.05) is 32.5 Å². The fraction of sp³-hybridized carbons (Fsp3) is 0.429. The van der Waals surface area contributed by atoms with E-state index in [2.05, 4.69) is 51.6 Å². The number of aromatic nitrogens is 3. The molecule has 9 heteroatoms. The first-order valence-electron chi connectivity index (χ1n) is 9.90. The largest absolute Gasteiger partial charge is 0.454 e. The van der Waals surface area contributed by atoms with E-state index < -0.39 is 0 Å². The number of halogens is 1. The van der Waals surface area contributed by atoms with Gasteiger partial charge in [-0.2, -0.15) is 0 Å². The molecule has 3 N–H and O–H groups in total. The lowest BCUT2D eigenvalue weighted by Gasteiger charge is -2.19. The van der Waals surface area contributed by atoms with Crippen LogP contribution in [0.1, 0.15) is 27.2 Å². The molecule has 4 rings (SSSR count). The first-order valence-corrected chi connectivity index (χ1v) is 11.5. The number of nitrogens with two attached hydrogens (primary N) is 1. The van der Waals surface area contributed by atoms with Gasteiger partial charge in [0.1, 0.15) is 5.52 Å². The third kappa shape index (κ3) is 4.68. The Bertz CT molecular complexity index is 1060. The third-order valence-electron chi connectivity index (χ3n) is 4.68. The van der Waals surface area contributed by atoms with Crippen molar-refractivity contribution < 1.29 is 9.47 Å². The SMILES string of the molecule is CC(C)(C)CNCCCn1c(Sc2cc3c(cc2Br)OCO3)nc2c(N)nccc21. The summed E-state index contributed by atoms with van der Waals surface area (Å²) in [6.45, 7) is 9.71. The van der Waals surface area contributed by atoms with Crippen molar-refractivity contribution in [3.05, 3.63) is 28.9 Å². The van der Waals surface area contributed by atoms with Crippen LogP contribution in [0.5, 0.6) is 11.5 Å². The molecule has 2 aromatic heterocycles. The predicted octanol–water partition coefficient (Wildman–Crippen LogP) is 4.68. The lowest BCUT2D eigenvalue weighted by Crippen LogP contribution is -2.28. The van der Waals surface area contributed by atoms with Crippen LogP contribution in [-0.2, 0) is 6.54 Å². The van der Waals surface area contributed by atoms with Crippen molar-refractivity contribution in [3.8, 4) is 11.5 Å². The molecule has 7 nitrogen and oxygen atoms in total. The van der Waals surface area contributed by atoms with Gasteiger partial charge in [0.25, 0.3) is 0 Å². The van der Waals surface area contributed by atoms with Gasteiger partial charge in [-0.3, -0.25) is 0 Å². The van der Waals surface area contributed by atoms with E-state index in [1.807, 2.05) is 18.2 Å². The van der Waals surface area contributed by atoms with E-state index in [1.165, 1.54) is 0 Å². The van der Waals surface area contributed by atoms with Crippen LogP contribution >= 0.6 is 27.7 Å². The van der Waals surface area contributed by atoms with E-state index in [0.29, 0.717) is 5.82 Å². The van der Waals surface area contributed by atoms with Crippen molar-refractivity contribution in [2.24, 2.45) is 5.41 Å². The fourth-order valence-corrected chi connectivity index (χ4v) is 4.77. The molecule has 0 saturated carbocycles. The van der Waals surface area contributed by atoms with E-state index in [1.54, 1.807) is 18.0 Å². The molecular formula is C21H26BrN5O2S. The minimum absolute atomic E-state index is 0.248. The number of benzene rings is 1. The Morgan fingerprint density at radius 1 is 1.27 bits per heavy atom. The number of ether oxygens (including phenoxy) is 2. The highest BCUT2D eigenvalue weighted by atomic mass is 79.9. The smallest absolute Gasteiger partial charge is 0.231 e. The van der Waals surface area contributed by atoms with Gasteiger partial charge in [0, 0.05) is 22.1 Å². The molecule has 30 heavy (non-hydrogen) atoms. The maximum absolute atomic E-state index is 6.11. The van der Waals surface area contributed by atoms with Crippen molar-refractivity contribution in [1.82, 2.24) is 19.9 Å². The number of hydrogen-bond donors (Lipinski definition) is 2. The van der Waals surface area contributed by atoms with Crippen LogP contribution in [0.3, 0.4) is 0 Å². The number of rotatable bonds is 7. The molecular weight excluding hydrogens is 466 g/mol. The average Bonchev–Trinajstić information content (AvgIpc) is 3.26. The van der Waals surface area contributed by atoms with Crippen molar-refractivity contribution in [2.75, 3.05) is 25.6 Å². The Kier molecular flexibility index (Phi) is 6.13. The second-order valence-electron chi connectivity index (χ2n) is 8.44. The topological polar surface area (TPSA) is 87.2 Å². The summed E-state index contributed by atoms with van der Waals surface area (Å²) in [5.74, 6) is 1.94. The zero-order chi connectivity index (χ0) is 21.3. The standard InChI is InChI=1S/C21H26BrN5O2S/c1-21(2,3)11-24-6-4-8-27-14-5-7-25-19(23)18(14)26-20(27)30-17-10-16-15(9-13(17)22)28-12-29-16/h5,7,9-10,24H,4,6,8,11-12H2,1-3H3,(H2,23,25). The zero-order valence-electron chi connectivity index (χ0n) is 17.4. The number of hydrogen-bond acceptors (Lipinski definition) is 7. The molecule has 1 aromatic carbocycles. The Labute approximate surface area is 188 Å². The number of anilines is 1. The molecule has 0 fully saturated rings. The van der Waals surface area contributed by atoms with Gasteiger partial charge in [-0.15, -0.1) is 0 Å². The quantitative estimate of drug-likeness (QED) is 0.463. The summed E-state index contributed by atoms with van der Waals surface area (Å²) in [5, 5.41) is 4.41. The summed E-state index contributed by atoms with van der Waals surface area (Å²) in [4.78, 5) is 10.0. The number of pyridine rings is 1. The first-order chi connectivity index (χ1) is 14.3. The van der Waals surface area contributed by atoms with Crippen LogP contribution < -0.4 is 20.5 Å². The van der Waals surface area contributed by atoms with Gasteiger partial charge in [0.05, 0.1) is 5.52 Å². The molecule has 0 spiro atoms. The van der Waals surface area contributed by atoms with Crippen molar-refractivity contribution >= 4 is 44.5 Å². The zero-order valence-corrected chi connectivity index (χ0v) is 19.8.